The van der Waals surface area contributed by atoms with Crippen LogP contribution in [0.3, 0.4) is 0 Å². The molecule has 1 aliphatic rings. The lowest BCUT2D eigenvalue weighted by atomic mass is 10.1. The van der Waals surface area contributed by atoms with E-state index in [9.17, 15) is 19.7 Å². The first-order chi connectivity index (χ1) is 13.5. The van der Waals surface area contributed by atoms with Crippen molar-refractivity contribution in [1.82, 2.24) is 14.5 Å². The van der Waals surface area contributed by atoms with Crippen LogP contribution >= 0.6 is 0 Å². The molecule has 1 fully saturated rings. The number of halogens is 1. The third kappa shape index (κ3) is 3.03. The summed E-state index contributed by atoms with van der Waals surface area (Å²) in [6.07, 6.45) is -1.79. The highest BCUT2D eigenvalue weighted by atomic mass is 19.1. The Balaban J connectivity index is 1.60. The van der Waals surface area contributed by atoms with Crippen molar-refractivity contribution in [3.63, 3.8) is 0 Å². The van der Waals surface area contributed by atoms with E-state index in [-0.39, 0.29) is 23.6 Å². The molecular formula is C17H19FN5O5+. The number of nitrogens with two attached hydrogens (primary N) is 1. The monoisotopic (exact) mass is 392 g/mol. The smallest absolute Gasteiger partial charge is 0.289 e. The van der Waals surface area contributed by atoms with Crippen LogP contribution in [0.1, 0.15) is 11.8 Å². The van der Waals surface area contributed by atoms with E-state index in [1.165, 1.54) is 28.0 Å². The van der Waals surface area contributed by atoms with Crippen LogP contribution in [0.5, 0.6) is 0 Å². The van der Waals surface area contributed by atoms with E-state index in [0.29, 0.717) is 5.56 Å². The number of hydrogen-bond donors (Lipinski definition) is 4. The summed E-state index contributed by atoms with van der Waals surface area (Å²) in [5.41, 5.74) is 7.00. The Kier molecular flexibility index (Phi) is 4.81. The third-order valence-corrected chi connectivity index (χ3v) is 4.64. The van der Waals surface area contributed by atoms with Crippen LogP contribution in [0.2, 0.25) is 0 Å². The van der Waals surface area contributed by atoms with Gasteiger partial charge in [-0.15, -0.1) is 0 Å². The Bertz CT molecular complexity index is 999. The summed E-state index contributed by atoms with van der Waals surface area (Å²) in [5, 5.41) is 29.4. The van der Waals surface area contributed by atoms with Crippen LogP contribution in [-0.4, -0.2) is 54.8 Å². The minimum atomic E-state index is -1.28. The maximum Gasteiger partial charge on any atom is 0.289 e. The van der Waals surface area contributed by atoms with Crippen LogP contribution in [0.25, 0.3) is 11.2 Å². The molecule has 4 atom stereocenters. The van der Waals surface area contributed by atoms with Crippen molar-refractivity contribution in [2.75, 3.05) is 12.3 Å². The minimum Gasteiger partial charge on any atom is -0.394 e. The molecule has 0 unspecified atom stereocenters. The summed E-state index contributed by atoms with van der Waals surface area (Å²) < 4.78 is 21.8. The fourth-order valence-electron chi connectivity index (χ4n) is 3.09. The van der Waals surface area contributed by atoms with Crippen molar-refractivity contribution < 1.29 is 34.0 Å². The predicted octanol–water partition coefficient (Wildman–Crippen LogP) is -1.32. The molecule has 4 rings (SSSR count). The molecule has 0 saturated carbocycles. The molecule has 1 aromatic carbocycles. The molecule has 0 aliphatic carbocycles. The maximum absolute atomic E-state index is 13.7. The number of anilines is 1. The van der Waals surface area contributed by atoms with Gasteiger partial charge in [-0.2, -0.15) is 0 Å². The van der Waals surface area contributed by atoms with Crippen LogP contribution in [0.15, 0.2) is 36.9 Å². The van der Waals surface area contributed by atoms with Crippen molar-refractivity contribution in [2.45, 2.75) is 31.1 Å². The topological polar surface area (TPSA) is 140 Å². The number of aliphatic hydroxyl groups excluding tert-OH is 3. The number of rotatable bonds is 5. The van der Waals surface area contributed by atoms with E-state index < -0.39 is 37.0 Å². The van der Waals surface area contributed by atoms with Gasteiger partial charge in [-0.25, -0.2) is 9.37 Å². The van der Waals surface area contributed by atoms with Gasteiger partial charge in [-0.3, -0.25) is 4.57 Å². The van der Waals surface area contributed by atoms with Gasteiger partial charge in [-0.1, -0.05) is 27.9 Å². The van der Waals surface area contributed by atoms with Crippen LogP contribution in [0, 0.1) is 5.82 Å². The zero-order chi connectivity index (χ0) is 19.8. The molecular weight excluding hydrogens is 373 g/mol. The molecule has 3 aromatic rings. The van der Waals surface area contributed by atoms with Crippen molar-refractivity contribution in [3.05, 3.63) is 48.3 Å². The number of aliphatic hydroxyl groups is 3. The average molecular weight is 392 g/mol. The Morgan fingerprint density at radius 2 is 2.04 bits per heavy atom. The summed E-state index contributed by atoms with van der Waals surface area (Å²) in [6, 6.07) is 6.20. The molecule has 11 heteroatoms. The van der Waals surface area contributed by atoms with Gasteiger partial charge in [0.15, 0.2) is 12.8 Å². The van der Waals surface area contributed by atoms with Crippen LogP contribution < -0.4 is 15.3 Å². The van der Waals surface area contributed by atoms with Gasteiger partial charge in [0.05, 0.1) is 6.61 Å². The quantitative estimate of drug-likeness (QED) is 0.392. The van der Waals surface area contributed by atoms with Gasteiger partial charge in [0.2, 0.25) is 11.2 Å². The van der Waals surface area contributed by atoms with Gasteiger partial charge >= 0.3 is 0 Å². The first-order valence-corrected chi connectivity index (χ1v) is 8.53. The van der Waals surface area contributed by atoms with Gasteiger partial charge in [0.25, 0.3) is 12.1 Å². The van der Waals surface area contributed by atoms with E-state index in [4.69, 9.17) is 15.3 Å². The number of imidazole rings is 1. The van der Waals surface area contributed by atoms with E-state index in [1.807, 2.05) is 0 Å². The number of fused-ring (bicyclic) bond motifs is 1. The first kappa shape index (κ1) is 18.5. The molecule has 2 aromatic heterocycles. The summed E-state index contributed by atoms with van der Waals surface area (Å²) in [4.78, 5) is 13.9. The Hall–Kier alpha value is -2.86. The summed E-state index contributed by atoms with van der Waals surface area (Å²) in [5.74, 6) is -0.281. The van der Waals surface area contributed by atoms with Crippen molar-refractivity contribution in [2.24, 2.45) is 0 Å². The number of ether oxygens (including phenoxy) is 1. The van der Waals surface area contributed by atoms with Crippen molar-refractivity contribution in [3.8, 4) is 0 Å². The molecule has 148 valence electrons. The Labute approximate surface area is 158 Å². The van der Waals surface area contributed by atoms with E-state index in [0.717, 1.165) is 0 Å². The van der Waals surface area contributed by atoms with E-state index in [1.54, 1.807) is 18.2 Å². The summed E-state index contributed by atoms with van der Waals surface area (Å²) in [7, 11) is 0. The molecule has 1 saturated heterocycles. The highest BCUT2D eigenvalue weighted by molar-refractivity contribution is 5.79. The van der Waals surface area contributed by atoms with Gasteiger partial charge in [-0.05, 0) is 6.07 Å². The lowest BCUT2D eigenvalue weighted by Crippen LogP contribution is -2.45. The molecule has 0 spiro atoms. The van der Waals surface area contributed by atoms with Gasteiger partial charge in [0, 0.05) is 5.56 Å². The molecule has 10 nitrogen and oxygen atoms in total. The molecule has 0 radical (unpaired) electrons. The SMILES string of the molecule is Nc1c2ncn([C@@H]3O[C@H](CO)[C@@H](O)[C@H]3O)c2nc[n+]1OCc1ccccc1F. The molecule has 5 N–H and O–H groups in total. The first-order valence-electron chi connectivity index (χ1n) is 8.53. The second-order valence-corrected chi connectivity index (χ2v) is 6.37. The fraction of sp³-hybridized carbons (Fsp3) is 0.353. The normalized spacial score (nSPS) is 24.7. The van der Waals surface area contributed by atoms with Crippen LogP contribution in [-0.2, 0) is 11.3 Å². The highest BCUT2D eigenvalue weighted by Gasteiger charge is 2.44. The maximum atomic E-state index is 13.7. The third-order valence-electron chi connectivity index (χ3n) is 4.64. The number of hydrogen-bond acceptors (Lipinski definition) is 8. The molecule has 0 amide bonds. The molecule has 1 aliphatic heterocycles. The second-order valence-electron chi connectivity index (χ2n) is 6.37. The predicted molar refractivity (Wildman–Crippen MR) is 91.8 cm³/mol. The number of aromatic nitrogens is 4. The number of nitrogens with zero attached hydrogens (tertiary/aromatic N) is 4. The molecule has 0 bridgehead atoms. The fourth-order valence-corrected chi connectivity index (χ4v) is 3.09. The highest BCUT2D eigenvalue weighted by Crippen LogP contribution is 2.31. The zero-order valence-electron chi connectivity index (χ0n) is 14.6. The van der Waals surface area contributed by atoms with E-state index in [2.05, 4.69) is 9.97 Å². The Morgan fingerprint density at radius 1 is 1.25 bits per heavy atom. The Morgan fingerprint density at radius 3 is 2.75 bits per heavy atom. The summed E-state index contributed by atoms with van der Waals surface area (Å²) in [6.45, 7) is -0.509. The van der Waals surface area contributed by atoms with Gasteiger partial charge in [0.1, 0.15) is 30.5 Å². The van der Waals surface area contributed by atoms with Gasteiger partial charge < -0.3 is 30.6 Å². The lowest BCUT2D eigenvalue weighted by Gasteiger charge is -2.15. The second kappa shape index (κ2) is 7.28. The lowest BCUT2D eigenvalue weighted by molar-refractivity contribution is -0.885. The largest absolute Gasteiger partial charge is 0.394 e. The minimum absolute atomic E-state index is 0.0652. The standard InChI is InChI=1S/C17H18FN5O5/c18-10-4-2-1-3-9(10)6-27-23-8-21-16-12(15(23)19)20-7-22(16)17-14(26)13(25)11(5-24)28-17/h1-4,7-8,11,13-14,17,19,24-26H,5-6H2/p+1/t11-,13-,14-,17-/m1/s1. The van der Waals surface area contributed by atoms with Crippen molar-refractivity contribution in [1.29, 1.82) is 0 Å². The van der Waals surface area contributed by atoms with Crippen molar-refractivity contribution >= 4 is 17.0 Å². The molecule has 28 heavy (non-hydrogen) atoms. The zero-order valence-corrected chi connectivity index (χ0v) is 14.6. The van der Waals surface area contributed by atoms with E-state index >= 15 is 0 Å². The van der Waals surface area contributed by atoms with Crippen LogP contribution in [0.4, 0.5) is 10.2 Å². The summed E-state index contributed by atoms with van der Waals surface area (Å²) >= 11 is 0. The average Bonchev–Trinajstić information content (AvgIpc) is 3.24. The number of benzene rings is 1. The number of nitrogen functional groups attached to an aromatic ring is 1. The molecule has 3 heterocycles.